The molecule has 0 aromatic rings. The Morgan fingerprint density at radius 1 is 0.735 bits per heavy atom. The summed E-state index contributed by atoms with van der Waals surface area (Å²) in [6, 6.07) is 0. The fraction of sp³-hybridized carbons (Fsp3) is 0.750. The molecule has 0 bridgehead atoms. The first kappa shape index (κ1) is 30.7. The van der Waals surface area contributed by atoms with Crippen molar-refractivity contribution < 1.29 is 19.1 Å². The van der Waals surface area contributed by atoms with E-state index in [9.17, 15) is 9.59 Å². The summed E-state index contributed by atoms with van der Waals surface area (Å²) in [5.41, 5.74) is 0. The molecular formula is C24H38O4S6. The summed E-state index contributed by atoms with van der Waals surface area (Å²) in [4.78, 5) is 22.3. The Kier molecular flexibility index (Phi) is 17.7. The van der Waals surface area contributed by atoms with Crippen molar-refractivity contribution in [1.29, 1.82) is 0 Å². The maximum absolute atomic E-state index is 11.2. The summed E-state index contributed by atoms with van der Waals surface area (Å²) in [5.74, 6) is 6.42. The van der Waals surface area contributed by atoms with E-state index in [1.54, 1.807) is 0 Å². The van der Waals surface area contributed by atoms with E-state index >= 15 is 0 Å². The Bertz CT molecular complexity index is 568. The zero-order valence-electron chi connectivity index (χ0n) is 19.9. The zero-order chi connectivity index (χ0) is 24.4. The Morgan fingerprint density at radius 3 is 1.56 bits per heavy atom. The van der Waals surface area contributed by atoms with Crippen molar-refractivity contribution in [3.63, 3.8) is 0 Å². The van der Waals surface area contributed by atoms with E-state index in [4.69, 9.17) is 9.47 Å². The molecule has 2 rings (SSSR count). The van der Waals surface area contributed by atoms with Gasteiger partial charge in [0.1, 0.15) is 13.2 Å². The highest BCUT2D eigenvalue weighted by molar-refractivity contribution is 8.22. The molecule has 0 saturated carbocycles. The van der Waals surface area contributed by atoms with Crippen LogP contribution in [0.5, 0.6) is 0 Å². The number of carbonyl (C=O) groups excluding carboxylic acids is 2. The highest BCUT2D eigenvalue weighted by Crippen LogP contribution is 2.40. The maximum atomic E-state index is 11.2. The van der Waals surface area contributed by atoms with Crippen molar-refractivity contribution >= 4 is 82.5 Å². The van der Waals surface area contributed by atoms with E-state index in [0.717, 1.165) is 11.5 Å². The molecule has 4 unspecified atom stereocenters. The van der Waals surface area contributed by atoms with E-state index < -0.39 is 0 Å². The third kappa shape index (κ3) is 14.3. The number of rotatable bonds is 19. The predicted molar refractivity (Wildman–Crippen MR) is 160 cm³/mol. The highest BCUT2D eigenvalue weighted by atomic mass is 32.2. The fourth-order valence-corrected chi connectivity index (χ4v) is 12.7. The molecule has 34 heavy (non-hydrogen) atoms. The molecule has 2 aliphatic rings. The smallest absolute Gasteiger partial charge is 0.330 e. The van der Waals surface area contributed by atoms with Gasteiger partial charge in [-0.25, -0.2) is 9.59 Å². The Hall–Kier alpha value is 0.520. The van der Waals surface area contributed by atoms with E-state index in [1.807, 2.05) is 47.0 Å². The van der Waals surface area contributed by atoms with Gasteiger partial charge in [-0.1, -0.05) is 38.8 Å². The topological polar surface area (TPSA) is 52.6 Å². The molecule has 2 aliphatic heterocycles. The average Bonchev–Trinajstić information content (AvgIpc) is 3.51. The first-order valence-electron chi connectivity index (χ1n) is 11.9. The Balaban J connectivity index is 1.31. The van der Waals surface area contributed by atoms with Crippen LogP contribution in [0.2, 0.25) is 0 Å². The molecule has 0 amide bonds. The third-order valence-corrected chi connectivity index (χ3v) is 14.7. The monoisotopic (exact) mass is 582 g/mol. The van der Waals surface area contributed by atoms with Crippen molar-refractivity contribution in [1.82, 2.24) is 0 Å². The lowest BCUT2D eigenvalue weighted by molar-refractivity contribution is -0.138. The fourth-order valence-electron chi connectivity index (χ4n) is 3.31. The van der Waals surface area contributed by atoms with Crippen molar-refractivity contribution in [3.05, 3.63) is 25.3 Å². The SMILES string of the molecule is C=CC(=O)OCC1CSC(CSCCCCCCCCSCC2SCC(COC(=O)C=C)S2)S1. The van der Waals surface area contributed by atoms with Crippen LogP contribution >= 0.6 is 70.6 Å². The van der Waals surface area contributed by atoms with Crippen LogP contribution in [0.3, 0.4) is 0 Å². The molecule has 2 fully saturated rings. The van der Waals surface area contributed by atoms with Crippen molar-refractivity contribution in [2.24, 2.45) is 0 Å². The molecule has 10 heteroatoms. The van der Waals surface area contributed by atoms with Gasteiger partial charge in [-0.05, 0) is 24.3 Å². The van der Waals surface area contributed by atoms with Crippen LogP contribution < -0.4 is 0 Å². The average molecular weight is 583 g/mol. The molecule has 0 radical (unpaired) electrons. The van der Waals surface area contributed by atoms with Gasteiger partial charge in [0, 0.05) is 45.7 Å². The number of carbonyl (C=O) groups is 2. The van der Waals surface area contributed by atoms with Crippen molar-refractivity contribution in [2.75, 3.05) is 47.7 Å². The summed E-state index contributed by atoms with van der Waals surface area (Å²) in [6.07, 6.45) is 10.5. The normalized spacial score (nSPS) is 24.1. The van der Waals surface area contributed by atoms with Crippen molar-refractivity contribution in [3.8, 4) is 0 Å². The molecule has 0 spiro atoms. The third-order valence-electron chi connectivity index (χ3n) is 5.12. The molecule has 4 nitrogen and oxygen atoms in total. The lowest BCUT2D eigenvalue weighted by Gasteiger charge is -2.10. The molecule has 194 valence electrons. The van der Waals surface area contributed by atoms with Crippen LogP contribution in [0.4, 0.5) is 0 Å². The second-order valence-corrected chi connectivity index (χ2v) is 16.4. The summed E-state index contributed by atoms with van der Waals surface area (Å²) in [5, 5.41) is 0.860. The number of ether oxygens (including phenoxy) is 2. The molecule has 0 N–H and O–H groups in total. The van der Waals surface area contributed by atoms with Gasteiger partial charge in [-0.15, -0.1) is 47.0 Å². The van der Waals surface area contributed by atoms with Gasteiger partial charge in [0.25, 0.3) is 0 Å². The molecular weight excluding hydrogens is 545 g/mol. The molecule has 2 saturated heterocycles. The number of hydrogen-bond acceptors (Lipinski definition) is 10. The minimum Gasteiger partial charge on any atom is -0.461 e. The molecule has 0 aromatic heterocycles. The Morgan fingerprint density at radius 2 is 1.15 bits per heavy atom. The van der Waals surface area contributed by atoms with Crippen LogP contribution in [0.15, 0.2) is 25.3 Å². The minimum atomic E-state index is -0.315. The maximum Gasteiger partial charge on any atom is 0.330 e. The molecule has 2 heterocycles. The van der Waals surface area contributed by atoms with Gasteiger partial charge in [0.05, 0.1) is 9.16 Å². The van der Waals surface area contributed by atoms with Crippen LogP contribution in [0.25, 0.3) is 0 Å². The molecule has 0 aromatic carbocycles. The van der Waals surface area contributed by atoms with Crippen molar-refractivity contribution in [2.45, 2.75) is 58.2 Å². The minimum absolute atomic E-state index is 0.315. The lowest BCUT2D eigenvalue weighted by Crippen LogP contribution is -2.14. The number of thioether (sulfide) groups is 6. The van der Waals surface area contributed by atoms with E-state index in [2.05, 4.69) is 36.7 Å². The zero-order valence-corrected chi connectivity index (χ0v) is 24.8. The summed E-state index contributed by atoms with van der Waals surface area (Å²) in [7, 11) is 0. The van der Waals surface area contributed by atoms with Gasteiger partial charge < -0.3 is 9.47 Å². The van der Waals surface area contributed by atoms with Gasteiger partial charge in [0.15, 0.2) is 0 Å². The second kappa shape index (κ2) is 19.6. The van der Waals surface area contributed by atoms with Crippen LogP contribution in [0.1, 0.15) is 38.5 Å². The van der Waals surface area contributed by atoms with Crippen LogP contribution in [-0.2, 0) is 19.1 Å². The van der Waals surface area contributed by atoms with E-state index in [1.165, 1.54) is 73.7 Å². The second-order valence-electron chi connectivity index (χ2n) is 7.98. The van der Waals surface area contributed by atoms with E-state index in [-0.39, 0.29) is 11.9 Å². The molecule has 4 atom stereocenters. The van der Waals surface area contributed by atoms with Gasteiger partial charge in [0.2, 0.25) is 0 Å². The lowest BCUT2D eigenvalue weighted by atomic mass is 10.1. The number of esters is 2. The number of unbranched alkanes of at least 4 members (excludes halogenated alkanes) is 5. The van der Waals surface area contributed by atoms with Crippen LogP contribution in [-0.4, -0.2) is 79.3 Å². The quantitative estimate of drug-likeness (QED) is 0.0946. The summed E-state index contributed by atoms with van der Waals surface area (Å²) < 4.78 is 11.6. The number of hydrogen-bond donors (Lipinski definition) is 0. The first-order valence-corrected chi connectivity index (χ1v) is 18.2. The van der Waals surface area contributed by atoms with Gasteiger partial charge >= 0.3 is 11.9 Å². The predicted octanol–water partition coefficient (Wildman–Crippen LogP) is 6.60. The highest BCUT2D eigenvalue weighted by Gasteiger charge is 2.27. The standard InChI is InChI=1S/C24H38O4S6/c1-3-21(25)27-13-19-15-31-23(33-19)17-29-11-9-7-5-6-8-10-12-30-18-24-32-16-20(34-24)14-28-22(26)4-2/h3-4,19-20,23-24H,1-2,5-18H2. The van der Waals surface area contributed by atoms with Gasteiger partial charge in [-0.2, -0.15) is 23.5 Å². The first-order chi connectivity index (χ1) is 16.6. The summed E-state index contributed by atoms with van der Waals surface area (Å²) in [6.45, 7) is 7.89. The largest absolute Gasteiger partial charge is 0.461 e. The Labute approximate surface area is 231 Å². The summed E-state index contributed by atoms with van der Waals surface area (Å²) >= 11 is 12.1. The molecule has 0 aliphatic carbocycles. The van der Waals surface area contributed by atoms with Crippen LogP contribution in [0, 0.1) is 0 Å². The van der Waals surface area contributed by atoms with E-state index in [0.29, 0.717) is 32.9 Å². The van der Waals surface area contributed by atoms with Gasteiger partial charge in [-0.3, -0.25) is 0 Å².